The average molecular weight is 428 g/mol. The number of benzene rings is 3. The van der Waals surface area contributed by atoms with Gasteiger partial charge in [0, 0.05) is 42.5 Å². The van der Waals surface area contributed by atoms with Crippen molar-refractivity contribution in [3.8, 4) is 0 Å². The normalized spacial score (nSPS) is 12.6. The molecule has 0 spiro atoms. The highest BCUT2D eigenvalue weighted by molar-refractivity contribution is 6.08. The van der Waals surface area contributed by atoms with E-state index < -0.39 is 0 Å². The molecule has 0 atom stereocenters. The molecule has 1 aliphatic heterocycles. The van der Waals surface area contributed by atoms with Gasteiger partial charge in [-0.25, -0.2) is 0 Å². The lowest BCUT2D eigenvalue weighted by atomic mass is 10.0. The highest BCUT2D eigenvalue weighted by atomic mass is 16.2. The van der Waals surface area contributed by atoms with Crippen LogP contribution in [0.5, 0.6) is 0 Å². The third-order valence-electron chi connectivity index (χ3n) is 5.53. The van der Waals surface area contributed by atoms with Gasteiger partial charge >= 0.3 is 0 Å². The zero-order valence-electron chi connectivity index (χ0n) is 17.9. The fourth-order valence-corrected chi connectivity index (χ4v) is 3.91. The largest absolute Gasteiger partial charge is 0.352 e. The van der Waals surface area contributed by atoms with Crippen molar-refractivity contribution in [1.29, 1.82) is 0 Å². The minimum Gasteiger partial charge on any atom is -0.352 e. The molecular formula is C26H25N3O3. The van der Waals surface area contributed by atoms with Crippen LogP contribution in [0.25, 0.3) is 0 Å². The van der Waals surface area contributed by atoms with Crippen molar-refractivity contribution in [2.24, 2.45) is 0 Å². The van der Waals surface area contributed by atoms with Crippen LogP contribution < -0.4 is 15.5 Å². The number of rotatable bonds is 5. The number of carbonyl (C=O) groups excluding carboxylic acids is 3. The molecule has 1 aliphatic rings. The number of hydrogen-bond donors (Lipinski definition) is 2. The summed E-state index contributed by atoms with van der Waals surface area (Å²) in [5.74, 6) is -0.470. The first kappa shape index (κ1) is 21.3. The second kappa shape index (κ2) is 9.47. The maximum atomic E-state index is 13.1. The molecule has 162 valence electrons. The Balaban J connectivity index is 1.47. The van der Waals surface area contributed by atoms with Gasteiger partial charge in [0.05, 0.1) is 0 Å². The summed E-state index contributed by atoms with van der Waals surface area (Å²) < 4.78 is 0. The third kappa shape index (κ3) is 4.70. The van der Waals surface area contributed by atoms with E-state index in [1.165, 1.54) is 12.5 Å². The molecule has 6 nitrogen and oxygen atoms in total. The molecule has 0 aliphatic carbocycles. The molecule has 3 amide bonds. The number of hydrogen-bond acceptors (Lipinski definition) is 3. The second-order valence-electron chi connectivity index (χ2n) is 7.79. The van der Waals surface area contributed by atoms with E-state index >= 15 is 0 Å². The van der Waals surface area contributed by atoms with E-state index in [1.807, 2.05) is 35.2 Å². The Hall–Kier alpha value is -3.93. The molecule has 3 aromatic carbocycles. The van der Waals surface area contributed by atoms with Gasteiger partial charge in [-0.15, -0.1) is 0 Å². The van der Waals surface area contributed by atoms with E-state index in [9.17, 15) is 14.4 Å². The van der Waals surface area contributed by atoms with Crippen LogP contribution >= 0.6 is 0 Å². The fourth-order valence-electron chi connectivity index (χ4n) is 3.91. The Bertz CT molecular complexity index is 1150. The Morgan fingerprint density at radius 2 is 1.62 bits per heavy atom. The van der Waals surface area contributed by atoms with Gasteiger partial charge < -0.3 is 15.5 Å². The van der Waals surface area contributed by atoms with Crippen molar-refractivity contribution in [2.45, 2.75) is 26.3 Å². The molecule has 3 aromatic rings. The highest BCUT2D eigenvalue weighted by Crippen LogP contribution is 2.28. The lowest BCUT2D eigenvalue weighted by Crippen LogP contribution is -2.35. The van der Waals surface area contributed by atoms with Crippen LogP contribution in [0.1, 0.15) is 45.2 Å². The number of nitrogens with zero attached hydrogens (tertiary/aromatic N) is 1. The molecule has 0 aromatic heterocycles. The minimum atomic E-state index is -0.269. The van der Waals surface area contributed by atoms with Gasteiger partial charge in [-0.3, -0.25) is 14.4 Å². The summed E-state index contributed by atoms with van der Waals surface area (Å²) >= 11 is 0. The van der Waals surface area contributed by atoms with Crippen LogP contribution in [0.4, 0.5) is 11.4 Å². The Labute approximate surface area is 187 Å². The zero-order chi connectivity index (χ0) is 22.5. The van der Waals surface area contributed by atoms with Gasteiger partial charge in [0.1, 0.15) is 0 Å². The molecule has 0 unspecified atom stereocenters. The van der Waals surface area contributed by atoms with Gasteiger partial charge in [0.15, 0.2) is 0 Å². The van der Waals surface area contributed by atoms with E-state index in [-0.39, 0.29) is 24.3 Å². The third-order valence-corrected chi connectivity index (χ3v) is 5.53. The van der Waals surface area contributed by atoms with E-state index in [4.69, 9.17) is 0 Å². The lowest BCUT2D eigenvalue weighted by molar-refractivity contribution is -0.119. The highest BCUT2D eigenvalue weighted by Gasteiger charge is 2.23. The van der Waals surface area contributed by atoms with Crippen molar-refractivity contribution < 1.29 is 14.4 Å². The quantitative estimate of drug-likeness (QED) is 0.642. The molecule has 0 saturated carbocycles. The first-order valence-electron chi connectivity index (χ1n) is 10.7. The van der Waals surface area contributed by atoms with E-state index in [2.05, 4.69) is 16.7 Å². The summed E-state index contributed by atoms with van der Waals surface area (Å²) in [7, 11) is 0. The van der Waals surface area contributed by atoms with E-state index in [0.717, 1.165) is 24.1 Å². The maximum Gasteiger partial charge on any atom is 0.258 e. The fraction of sp³-hybridized carbons (Fsp3) is 0.192. The summed E-state index contributed by atoms with van der Waals surface area (Å²) in [5.41, 5.74) is 4.55. The van der Waals surface area contributed by atoms with Crippen LogP contribution in [0.2, 0.25) is 0 Å². The Morgan fingerprint density at radius 3 is 2.41 bits per heavy atom. The van der Waals surface area contributed by atoms with Crippen LogP contribution in [-0.4, -0.2) is 24.3 Å². The number of fused-ring (bicyclic) bond motifs is 1. The molecular weight excluding hydrogens is 402 g/mol. The summed E-state index contributed by atoms with van der Waals surface area (Å²) in [6.45, 7) is 2.41. The number of aryl methyl sites for hydroxylation is 1. The first-order chi connectivity index (χ1) is 15.5. The van der Waals surface area contributed by atoms with Crippen molar-refractivity contribution in [3.63, 3.8) is 0 Å². The standard InChI is InChI=1S/C26H25N3O3/c1-18(30)27-17-21-8-2-4-10-23(21)25(31)28-22-14-12-20(13-15-22)26(32)29-16-6-9-19-7-3-5-11-24(19)29/h2-5,7-8,10-15H,6,9,16-17H2,1H3,(H,27,30)(H,28,31). The van der Waals surface area contributed by atoms with Crippen LogP contribution in [0.15, 0.2) is 72.8 Å². The minimum absolute atomic E-state index is 0.0457. The van der Waals surface area contributed by atoms with Crippen molar-refractivity contribution >= 4 is 29.1 Å². The van der Waals surface area contributed by atoms with Gasteiger partial charge in [-0.05, 0) is 60.4 Å². The van der Waals surface area contributed by atoms with E-state index in [0.29, 0.717) is 23.4 Å². The summed E-state index contributed by atoms with van der Waals surface area (Å²) in [6.07, 6.45) is 1.92. The molecule has 0 bridgehead atoms. The maximum absolute atomic E-state index is 13.1. The SMILES string of the molecule is CC(=O)NCc1ccccc1C(=O)Nc1ccc(C(=O)N2CCCc3ccccc32)cc1. The Morgan fingerprint density at radius 1 is 0.906 bits per heavy atom. The van der Waals surface area contributed by atoms with E-state index in [1.54, 1.807) is 36.4 Å². The van der Waals surface area contributed by atoms with Crippen molar-refractivity contribution in [1.82, 2.24) is 5.32 Å². The second-order valence-corrected chi connectivity index (χ2v) is 7.79. The van der Waals surface area contributed by atoms with Crippen LogP contribution in [0, 0.1) is 0 Å². The molecule has 32 heavy (non-hydrogen) atoms. The van der Waals surface area contributed by atoms with Gasteiger partial charge in [-0.1, -0.05) is 36.4 Å². The molecule has 6 heteroatoms. The predicted molar refractivity (Wildman–Crippen MR) is 125 cm³/mol. The van der Waals surface area contributed by atoms with Gasteiger partial charge in [-0.2, -0.15) is 0 Å². The summed E-state index contributed by atoms with van der Waals surface area (Å²) in [4.78, 5) is 38.9. The smallest absolute Gasteiger partial charge is 0.258 e. The predicted octanol–water partition coefficient (Wildman–Crippen LogP) is 4.17. The monoisotopic (exact) mass is 427 g/mol. The topological polar surface area (TPSA) is 78.5 Å². The summed E-state index contributed by atoms with van der Waals surface area (Å²) in [5, 5.41) is 5.59. The van der Waals surface area contributed by atoms with Crippen LogP contribution in [-0.2, 0) is 17.8 Å². The number of amides is 3. The number of para-hydroxylation sites is 1. The van der Waals surface area contributed by atoms with Gasteiger partial charge in [0.2, 0.25) is 5.91 Å². The molecule has 0 fully saturated rings. The van der Waals surface area contributed by atoms with Crippen LogP contribution in [0.3, 0.4) is 0 Å². The Kier molecular flexibility index (Phi) is 6.31. The molecule has 1 heterocycles. The molecule has 0 saturated heterocycles. The number of nitrogens with one attached hydrogen (secondary N) is 2. The number of anilines is 2. The first-order valence-corrected chi connectivity index (χ1v) is 10.7. The van der Waals surface area contributed by atoms with Crippen molar-refractivity contribution in [2.75, 3.05) is 16.8 Å². The molecule has 4 rings (SSSR count). The summed E-state index contributed by atoms with van der Waals surface area (Å²) in [6, 6.07) is 22.1. The zero-order valence-corrected chi connectivity index (χ0v) is 17.9. The van der Waals surface area contributed by atoms with Crippen molar-refractivity contribution in [3.05, 3.63) is 95.1 Å². The average Bonchev–Trinajstić information content (AvgIpc) is 2.82. The molecule has 0 radical (unpaired) electrons. The van der Waals surface area contributed by atoms with Gasteiger partial charge in [0.25, 0.3) is 11.8 Å². The lowest BCUT2D eigenvalue weighted by Gasteiger charge is -2.29. The molecule has 2 N–H and O–H groups in total. The number of carbonyl (C=O) groups is 3.